The summed E-state index contributed by atoms with van der Waals surface area (Å²) in [6, 6.07) is 14.1. The van der Waals surface area contributed by atoms with E-state index in [-0.39, 0.29) is 0 Å². The molecule has 120 valence electrons. The Hall–Kier alpha value is -2.40. The minimum atomic E-state index is 0.712. The molecule has 1 aromatic heterocycles. The van der Waals surface area contributed by atoms with Crippen LogP contribution >= 0.6 is 0 Å². The first-order valence-corrected chi connectivity index (χ1v) is 7.87. The summed E-state index contributed by atoms with van der Waals surface area (Å²) in [5, 5.41) is 0. The topological polar surface area (TPSA) is 42.1 Å². The molecule has 5 heteroatoms. The van der Waals surface area contributed by atoms with Crippen molar-refractivity contribution in [1.82, 2.24) is 9.47 Å². The number of aryl methyl sites for hydroxylation is 2. The first-order valence-electron chi connectivity index (χ1n) is 7.87. The van der Waals surface area contributed by atoms with Gasteiger partial charge in [0.25, 0.3) is 0 Å². The molecule has 3 rings (SSSR count). The van der Waals surface area contributed by atoms with Gasteiger partial charge in [0.2, 0.25) is 5.96 Å². The molecule has 0 aliphatic carbocycles. The molecule has 1 aliphatic rings. The summed E-state index contributed by atoms with van der Waals surface area (Å²) in [6.07, 6.45) is 2.02. The lowest BCUT2D eigenvalue weighted by atomic mass is 10.3. The average Bonchev–Trinajstić information content (AvgIpc) is 2.59. The number of guanidine groups is 1. The second-order valence-electron chi connectivity index (χ2n) is 5.63. The second-order valence-corrected chi connectivity index (χ2v) is 5.63. The molecule has 2 heterocycles. The van der Waals surface area contributed by atoms with Gasteiger partial charge in [0, 0.05) is 26.3 Å². The number of para-hydroxylation sites is 1. The lowest BCUT2D eigenvalue weighted by Gasteiger charge is -2.27. The van der Waals surface area contributed by atoms with E-state index in [0.717, 1.165) is 30.2 Å². The highest BCUT2D eigenvalue weighted by Gasteiger charge is 2.15. The predicted octanol–water partition coefficient (Wildman–Crippen LogP) is 2.25. The van der Waals surface area contributed by atoms with E-state index in [1.54, 1.807) is 0 Å². The highest BCUT2D eigenvalue weighted by Crippen LogP contribution is 2.12. The van der Waals surface area contributed by atoms with Gasteiger partial charge in [-0.3, -0.25) is 0 Å². The molecular formula is C18H22N4O. The smallest absolute Gasteiger partial charge is 0.228 e. The normalized spacial score (nSPS) is 16.7. The molecule has 0 atom stereocenters. The molecule has 23 heavy (non-hydrogen) atoms. The van der Waals surface area contributed by atoms with Crippen molar-refractivity contribution in [2.45, 2.75) is 6.92 Å². The molecule has 1 aromatic carbocycles. The van der Waals surface area contributed by atoms with E-state index < -0.39 is 0 Å². The molecule has 5 nitrogen and oxygen atoms in total. The summed E-state index contributed by atoms with van der Waals surface area (Å²) in [6.45, 7) is 5.11. The average molecular weight is 310 g/mol. The van der Waals surface area contributed by atoms with Gasteiger partial charge in [0.15, 0.2) is 0 Å². The standard InChI is InChI=1S/C18H22N4O/c1-15-8-9-21(2)17(14-15)20-18(22-10-12-23-13-11-22)19-16-6-4-3-5-7-16/h3-9,14H,10-13H2,1-2H3. The number of aromatic nitrogens is 1. The van der Waals surface area contributed by atoms with Gasteiger partial charge in [-0.05, 0) is 36.8 Å². The number of rotatable bonds is 1. The highest BCUT2D eigenvalue weighted by molar-refractivity contribution is 5.83. The molecule has 0 spiro atoms. The van der Waals surface area contributed by atoms with Crippen molar-refractivity contribution in [3.8, 4) is 0 Å². The van der Waals surface area contributed by atoms with Crippen molar-refractivity contribution in [2.24, 2.45) is 17.0 Å². The molecular weight excluding hydrogens is 288 g/mol. The molecule has 0 unspecified atom stereocenters. The van der Waals surface area contributed by atoms with Crippen LogP contribution < -0.4 is 5.49 Å². The SMILES string of the molecule is Cc1ccn(C)c(=NC(=Nc2ccccc2)N2CCOCC2)c1. The number of morpholine rings is 1. The van der Waals surface area contributed by atoms with Crippen LogP contribution in [0.25, 0.3) is 0 Å². The highest BCUT2D eigenvalue weighted by atomic mass is 16.5. The Morgan fingerprint density at radius 1 is 1.09 bits per heavy atom. The van der Waals surface area contributed by atoms with Gasteiger partial charge < -0.3 is 14.2 Å². The Balaban J connectivity index is 2.04. The first kappa shape index (κ1) is 15.5. The predicted molar refractivity (Wildman–Crippen MR) is 91.6 cm³/mol. The molecule has 0 N–H and O–H groups in total. The lowest BCUT2D eigenvalue weighted by molar-refractivity contribution is 0.0675. The monoisotopic (exact) mass is 310 g/mol. The quantitative estimate of drug-likeness (QED) is 0.599. The van der Waals surface area contributed by atoms with Gasteiger partial charge in [-0.2, -0.15) is 4.99 Å². The molecule has 0 saturated carbocycles. The molecule has 0 bridgehead atoms. The summed E-state index contributed by atoms with van der Waals surface area (Å²) in [5.74, 6) is 0.737. The van der Waals surface area contributed by atoms with Crippen LogP contribution in [0.3, 0.4) is 0 Å². The Bertz CT molecular complexity index is 743. The summed E-state index contributed by atoms with van der Waals surface area (Å²) >= 11 is 0. The molecule has 2 aromatic rings. The maximum Gasteiger partial charge on any atom is 0.228 e. The van der Waals surface area contributed by atoms with Crippen molar-refractivity contribution in [2.75, 3.05) is 26.3 Å². The van der Waals surface area contributed by atoms with E-state index in [1.165, 1.54) is 5.56 Å². The first-order chi connectivity index (χ1) is 11.2. The van der Waals surface area contributed by atoms with Gasteiger partial charge in [0.1, 0.15) is 5.49 Å². The van der Waals surface area contributed by atoms with Gasteiger partial charge in [-0.15, -0.1) is 0 Å². The molecule has 0 amide bonds. The van der Waals surface area contributed by atoms with Gasteiger partial charge >= 0.3 is 0 Å². The zero-order valence-corrected chi connectivity index (χ0v) is 13.6. The fraction of sp³-hybridized carbons (Fsp3) is 0.333. The zero-order valence-electron chi connectivity index (χ0n) is 13.6. The minimum Gasteiger partial charge on any atom is -0.378 e. The van der Waals surface area contributed by atoms with E-state index in [0.29, 0.717) is 13.2 Å². The van der Waals surface area contributed by atoms with Crippen LogP contribution in [0, 0.1) is 6.92 Å². The fourth-order valence-electron chi connectivity index (χ4n) is 2.42. The van der Waals surface area contributed by atoms with E-state index >= 15 is 0 Å². The van der Waals surface area contributed by atoms with Crippen molar-refractivity contribution >= 4 is 11.6 Å². The van der Waals surface area contributed by atoms with Crippen LogP contribution in [-0.2, 0) is 11.8 Å². The number of nitrogens with zero attached hydrogens (tertiary/aromatic N) is 4. The van der Waals surface area contributed by atoms with Crippen molar-refractivity contribution in [3.05, 3.63) is 59.7 Å². The van der Waals surface area contributed by atoms with Crippen molar-refractivity contribution in [1.29, 1.82) is 0 Å². The lowest BCUT2D eigenvalue weighted by Crippen LogP contribution is -2.41. The van der Waals surface area contributed by atoms with Crippen LogP contribution in [0.5, 0.6) is 0 Å². The third-order valence-corrected chi connectivity index (χ3v) is 3.77. The summed E-state index contributed by atoms with van der Waals surface area (Å²) in [7, 11) is 2.00. The van der Waals surface area contributed by atoms with Crippen molar-refractivity contribution < 1.29 is 4.74 Å². The van der Waals surface area contributed by atoms with E-state index in [1.807, 2.05) is 48.1 Å². The summed E-state index contributed by atoms with van der Waals surface area (Å²) < 4.78 is 7.46. The third kappa shape index (κ3) is 4.07. The van der Waals surface area contributed by atoms with Crippen LogP contribution in [0.4, 0.5) is 5.69 Å². The number of benzene rings is 1. The Morgan fingerprint density at radius 2 is 1.83 bits per heavy atom. The van der Waals surface area contributed by atoms with Crippen molar-refractivity contribution in [3.63, 3.8) is 0 Å². The van der Waals surface area contributed by atoms with E-state index in [2.05, 4.69) is 24.0 Å². The Kier molecular flexibility index (Phi) is 4.88. The molecule has 0 radical (unpaired) electrons. The maximum atomic E-state index is 5.45. The number of aliphatic imine (C=N–C) groups is 1. The van der Waals surface area contributed by atoms with Crippen LogP contribution in [0.1, 0.15) is 5.56 Å². The summed E-state index contributed by atoms with van der Waals surface area (Å²) in [5.41, 5.74) is 2.99. The molecule has 1 fully saturated rings. The van der Waals surface area contributed by atoms with Gasteiger partial charge in [-0.25, -0.2) is 4.99 Å². The zero-order chi connectivity index (χ0) is 16.1. The van der Waals surface area contributed by atoms with Gasteiger partial charge in [-0.1, -0.05) is 18.2 Å². The molecule has 1 aliphatic heterocycles. The van der Waals surface area contributed by atoms with Crippen LogP contribution in [0.15, 0.2) is 58.6 Å². The van der Waals surface area contributed by atoms with Gasteiger partial charge in [0.05, 0.1) is 18.9 Å². The van der Waals surface area contributed by atoms with E-state index in [4.69, 9.17) is 14.7 Å². The number of hydrogen-bond donors (Lipinski definition) is 0. The fourth-order valence-corrected chi connectivity index (χ4v) is 2.42. The summed E-state index contributed by atoms with van der Waals surface area (Å²) in [4.78, 5) is 11.8. The Labute approximate surface area is 136 Å². The van der Waals surface area contributed by atoms with Crippen LogP contribution in [0.2, 0.25) is 0 Å². The largest absolute Gasteiger partial charge is 0.378 e. The number of ether oxygens (including phenoxy) is 1. The number of hydrogen-bond acceptors (Lipinski definition) is 2. The third-order valence-electron chi connectivity index (χ3n) is 3.77. The Morgan fingerprint density at radius 3 is 2.57 bits per heavy atom. The van der Waals surface area contributed by atoms with Crippen LogP contribution in [-0.4, -0.2) is 41.7 Å². The number of pyridine rings is 1. The molecule has 1 saturated heterocycles. The van der Waals surface area contributed by atoms with E-state index in [9.17, 15) is 0 Å². The second kappa shape index (κ2) is 7.24. The maximum absolute atomic E-state index is 5.45. The minimum absolute atomic E-state index is 0.712.